The number of amides is 1. The lowest BCUT2D eigenvalue weighted by atomic mass is 9.90. The monoisotopic (exact) mass is 368 g/mol. The van der Waals surface area contributed by atoms with Crippen molar-refractivity contribution in [2.45, 2.75) is 50.6 Å². The molecule has 1 amide bonds. The number of carbonyl (C=O) groups is 1. The summed E-state index contributed by atoms with van der Waals surface area (Å²) < 4.78 is 77.8. The minimum Gasteiger partial charge on any atom is -0.346 e. The number of rotatable bonds is 3. The van der Waals surface area contributed by atoms with Crippen LogP contribution in [0.25, 0.3) is 0 Å². The topological polar surface area (TPSA) is 41.1 Å². The van der Waals surface area contributed by atoms with Crippen LogP contribution in [0.2, 0.25) is 0 Å². The zero-order chi connectivity index (χ0) is 19.0. The largest absolute Gasteiger partial charge is 0.416 e. The fourth-order valence-electron chi connectivity index (χ4n) is 2.69. The molecule has 0 aromatic heterocycles. The van der Waals surface area contributed by atoms with Gasteiger partial charge in [-0.2, -0.15) is 26.3 Å². The molecule has 0 spiro atoms. The molecule has 1 fully saturated rings. The standard InChI is InChI=1S/C16H18F6N2O/c1-14(2,24-13(25)12-4-3-5-23-12)9-6-10(15(17,18)19)8-11(7-9)16(20,21)22/h6-8,12,23H,3-5H2,1-2H3,(H,24,25)/t12-/m0/s1. The van der Waals surface area contributed by atoms with Crippen LogP contribution in [0.1, 0.15) is 43.4 Å². The second-order valence-electron chi connectivity index (χ2n) is 6.56. The highest BCUT2D eigenvalue weighted by Crippen LogP contribution is 2.38. The summed E-state index contributed by atoms with van der Waals surface area (Å²) in [6.45, 7) is 3.38. The summed E-state index contributed by atoms with van der Waals surface area (Å²) in [5, 5.41) is 5.47. The SMILES string of the molecule is CC(C)(NC(=O)[C@@H]1CCCN1)c1cc(C(F)(F)F)cc(C(F)(F)F)c1. The van der Waals surface area contributed by atoms with Gasteiger partial charge < -0.3 is 10.6 Å². The van der Waals surface area contributed by atoms with Gasteiger partial charge in [0.1, 0.15) is 0 Å². The molecule has 1 atom stereocenters. The Balaban J connectivity index is 2.39. The molecule has 1 heterocycles. The lowest BCUT2D eigenvalue weighted by Crippen LogP contribution is -2.48. The summed E-state index contributed by atoms with van der Waals surface area (Å²) >= 11 is 0. The average molecular weight is 368 g/mol. The molecule has 1 aliphatic rings. The molecule has 1 aromatic rings. The van der Waals surface area contributed by atoms with Crippen LogP contribution < -0.4 is 10.6 Å². The first-order chi connectivity index (χ1) is 11.3. The summed E-state index contributed by atoms with van der Waals surface area (Å²) in [6.07, 6.45) is -8.51. The molecule has 0 bridgehead atoms. The lowest BCUT2D eigenvalue weighted by Gasteiger charge is -2.30. The molecular formula is C16H18F6N2O. The summed E-state index contributed by atoms with van der Waals surface area (Å²) in [7, 11) is 0. The molecular weight excluding hydrogens is 350 g/mol. The number of carbonyl (C=O) groups excluding carboxylic acids is 1. The summed E-state index contributed by atoms with van der Waals surface area (Å²) in [6, 6.07) is 0.849. The molecule has 2 N–H and O–H groups in total. The van der Waals surface area contributed by atoms with Crippen molar-refractivity contribution in [1.29, 1.82) is 0 Å². The van der Waals surface area contributed by atoms with E-state index >= 15 is 0 Å². The lowest BCUT2D eigenvalue weighted by molar-refractivity contribution is -0.143. The van der Waals surface area contributed by atoms with E-state index < -0.39 is 41.0 Å². The molecule has 9 heteroatoms. The van der Waals surface area contributed by atoms with E-state index in [9.17, 15) is 31.1 Å². The Labute approximate surface area is 140 Å². The third kappa shape index (κ3) is 4.65. The highest BCUT2D eigenvalue weighted by molar-refractivity contribution is 5.82. The third-order valence-electron chi connectivity index (χ3n) is 4.12. The highest BCUT2D eigenvalue weighted by atomic mass is 19.4. The Morgan fingerprint density at radius 2 is 1.48 bits per heavy atom. The van der Waals surface area contributed by atoms with Gasteiger partial charge in [0.2, 0.25) is 5.91 Å². The van der Waals surface area contributed by atoms with Gasteiger partial charge in [0, 0.05) is 0 Å². The highest BCUT2D eigenvalue weighted by Gasteiger charge is 2.39. The van der Waals surface area contributed by atoms with Gasteiger partial charge in [-0.05, 0) is 57.0 Å². The van der Waals surface area contributed by atoms with Crippen molar-refractivity contribution in [3.05, 3.63) is 34.9 Å². The Bertz CT molecular complexity index is 613. The van der Waals surface area contributed by atoms with Gasteiger partial charge in [0.05, 0.1) is 22.7 Å². The van der Waals surface area contributed by atoms with Crippen molar-refractivity contribution in [1.82, 2.24) is 10.6 Å². The normalized spacial score (nSPS) is 19.1. The van der Waals surface area contributed by atoms with Gasteiger partial charge in [-0.15, -0.1) is 0 Å². The van der Waals surface area contributed by atoms with Crippen LogP contribution in [0.4, 0.5) is 26.3 Å². The maximum atomic E-state index is 13.0. The van der Waals surface area contributed by atoms with E-state index in [-0.39, 0.29) is 11.6 Å². The average Bonchev–Trinajstić information content (AvgIpc) is 2.98. The first-order valence-electron chi connectivity index (χ1n) is 7.66. The number of benzene rings is 1. The van der Waals surface area contributed by atoms with Crippen LogP contribution in [-0.2, 0) is 22.7 Å². The molecule has 0 aliphatic carbocycles. The molecule has 0 radical (unpaired) electrons. The van der Waals surface area contributed by atoms with Gasteiger partial charge in [0.25, 0.3) is 0 Å². The van der Waals surface area contributed by atoms with Gasteiger partial charge in [0.15, 0.2) is 0 Å². The number of hydrogen-bond donors (Lipinski definition) is 2. The van der Waals surface area contributed by atoms with E-state index in [0.717, 1.165) is 6.42 Å². The number of nitrogens with one attached hydrogen (secondary N) is 2. The molecule has 0 unspecified atom stereocenters. The van der Waals surface area contributed by atoms with Crippen molar-refractivity contribution < 1.29 is 31.1 Å². The second kappa shape index (κ2) is 6.51. The van der Waals surface area contributed by atoms with Gasteiger partial charge in [-0.3, -0.25) is 4.79 Å². The van der Waals surface area contributed by atoms with Crippen molar-refractivity contribution in [3.8, 4) is 0 Å². The van der Waals surface area contributed by atoms with Crippen molar-refractivity contribution in [3.63, 3.8) is 0 Å². The summed E-state index contributed by atoms with van der Waals surface area (Å²) in [5.74, 6) is -0.450. The molecule has 0 saturated carbocycles. The first kappa shape index (κ1) is 19.6. The second-order valence-corrected chi connectivity index (χ2v) is 6.56. The van der Waals surface area contributed by atoms with E-state index in [4.69, 9.17) is 0 Å². The minimum atomic E-state index is -4.93. The fraction of sp³-hybridized carbons (Fsp3) is 0.562. The molecule has 1 aliphatic heterocycles. The third-order valence-corrected chi connectivity index (χ3v) is 4.12. The van der Waals surface area contributed by atoms with Gasteiger partial charge in [-0.25, -0.2) is 0 Å². The van der Waals surface area contributed by atoms with E-state index in [2.05, 4.69) is 10.6 Å². The van der Waals surface area contributed by atoms with E-state index in [1.54, 1.807) is 0 Å². The number of halogens is 6. The minimum absolute atomic E-state index is 0.0694. The van der Waals surface area contributed by atoms with Crippen LogP contribution in [-0.4, -0.2) is 18.5 Å². The smallest absolute Gasteiger partial charge is 0.346 e. The van der Waals surface area contributed by atoms with E-state index in [1.165, 1.54) is 13.8 Å². The first-order valence-corrected chi connectivity index (χ1v) is 7.66. The Hall–Kier alpha value is -1.77. The van der Waals surface area contributed by atoms with Crippen LogP contribution in [0.5, 0.6) is 0 Å². The summed E-state index contributed by atoms with van der Waals surface area (Å²) in [5.41, 5.74) is -4.47. The van der Waals surface area contributed by atoms with Crippen LogP contribution in [0.15, 0.2) is 18.2 Å². The Morgan fingerprint density at radius 1 is 1.00 bits per heavy atom. The van der Waals surface area contributed by atoms with Crippen molar-refractivity contribution in [2.24, 2.45) is 0 Å². The Kier molecular flexibility index (Phi) is 5.09. The zero-order valence-corrected chi connectivity index (χ0v) is 13.6. The van der Waals surface area contributed by atoms with Crippen LogP contribution in [0, 0.1) is 0 Å². The zero-order valence-electron chi connectivity index (χ0n) is 13.6. The Morgan fingerprint density at radius 3 is 1.88 bits per heavy atom. The van der Waals surface area contributed by atoms with Crippen molar-refractivity contribution in [2.75, 3.05) is 6.54 Å². The fourth-order valence-corrected chi connectivity index (χ4v) is 2.69. The van der Waals surface area contributed by atoms with Gasteiger partial charge >= 0.3 is 12.4 Å². The van der Waals surface area contributed by atoms with E-state index in [1.807, 2.05) is 0 Å². The molecule has 2 rings (SSSR count). The molecule has 3 nitrogen and oxygen atoms in total. The predicted molar refractivity (Wildman–Crippen MR) is 78.6 cm³/mol. The maximum Gasteiger partial charge on any atom is 0.416 e. The molecule has 25 heavy (non-hydrogen) atoms. The quantitative estimate of drug-likeness (QED) is 0.797. The van der Waals surface area contributed by atoms with E-state index in [0.29, 0.717) is 25.1 Å². The van der Waals surface area contributed by atoms with Crippen molar-refractivity contribution >= 4 is 5.91 Å². The molecule has 1 saturated heterocycles. The number of hydrogen-bond acceptors (Lipinski definition) is 2. The number of alkyl halides is 6. The van der Waals surface area contributed by atoms with Crippen LogP contribution in [0.3, 0.4) is 0 Å². The molecule has 1 aromatic carbocycles. The molecule has 140 valence electrons. The van der Waals surface area contributed by atoms with Gasteiger partial charge in [-0.1, -0.05) is 0 Å². The summed E-state index contributed by atoms with van der Waals surface area (Å²) in [4.78, 5) is 12.2. The predicted octanol–water partition coefficient (Wildman–Crippen LogP) is 3.83. The maximum absolute atomic E-state index is 13.0. The van der Waals surface area contributed by atoms with Crippen LogP contribution >= 0.6 is 0 Å².